The average molecular weight is 1410 g/mol. The molecule has 0 aromatic heterocycles. The highest BCUT2D eigenvalue weighted by Crippen LogP contribution is 2.45. The molecule has 7 atom stereocenters. The summed E-state index contributed by atoms with van der Waals surface area (Å²) in [5.74, 6) is 0.210. The Hall–Kier alpha value is -2.46. The van der Waals surface area contributed by atoms with Crippen LogP contribution >= 0.6 is 15.6 Å². The summed E-state index contributed by atoms with van der Waals surface area (Å²) < 4.78 is 68.5. The third-order valence-electron chi connectivity index (χ3n) is 18.0. The molecule has 0 radical (unpaired) electrons. The van der Waals surface area contributed by atoms with Gasteiger partial charge in [-0.2, -0.15) is 0 Å². The number of phosphoric ester groups is 2. The molecule has 0 aliphatic carbocycles. The van der Waals surface area contributed by atoms with E-state index in [1.165, 1.54) is 167 Å². The zero-order valence-electron chi connectivity index (χ0n) is 62.3. The summed E-state index contributed by atoms with van der Waals surface area (Å²) in [5, 5.41) is 10.6. The van der Waals surface area contributed by atoms with Crippen molar-refractivity contribution in [2.24, 2.45) is 17.8 Å². The van der Waals surface area contributed by atoms with Crippen LogP contribution < -0.4 is 0 Å². The van der Waals surface area contributed by atoms with Crippen LogP contribution in [0.1, 0.15) is 370 Å². The first-order valence-corrected chi connectivity index (χ1v) is 42.2. The van der Waals surface area contributed by atoms with Crippen molar-refractivity contribution >= 4 is 39.5 Å². The van der Waals surface area contributed by atoms with E-state index in [4.69, 9.17) is 37.0 Å². The van der Waals surface area contributed by atoms with E-state index in [-0.39, 0.29) is 25.7 Å². The van der Waals surface area contributed by atoms with Crippen molar-refractivity contribution in [3.05, 3.63) is 24.3 Å². The van der Waals surface area contributed by atoms with Gasteiger partial charge in [0.25, 0.3) is 0 Å². The second kappa shape index (κ2) is 67.1. The quantitative estimate of drug-likeness (QED) is 0.0169. The molecule has 0 saturated heterocycles. The van der Waals surface area contributed by atoms with Crippen LogP contribution in [0.2, 0.25) is 0 Å². The van der Waals surface area contributed by atoms with Crippen molar-refractivity contribution in [3.8, 4) is 0 Å². The molecule has 0 saturated carbocycles. The highest BCUT2D eigenvalue weighted by molar-refractivity contribution is 7.47. The molecule has 0 aromatic carbocycles. The van der Waals surface area contributed by atoms with E-state index in [1.54, 1.807) is 0 Å². The second-order valence-electron chi connectivity index (χ2n) is 28.0. The molecular formula is C77H146O17P2. The van der Waals surface area contributed by atoms with Gasteiger partial charge in [0.05, 0.1) is 26.4 Å². The average Bonchev–Trinajstić information content (AvgIpc) is 1.21. The fourth-order valence-electron chi connectivity index (χ4n) is 11.2. The predicted octanol–water partition coefficient (Wildman–Crippen LogP) is 22.1. The van der Waals surface area contributed by atoms with E-state index in [0.29, 0.717) is 25.7 Å². The largest absolute Gasteiger partial charge is 0.472 e. The summed E-state index contributed by atoms with van der Waals surface area (Å²) in [4.78, 5) is 72.9. The maximum atomic E-state index is 13.1. The first kappa shape index (κ1) is 93.5. The van der Waals surface area contributed by atoms with Crippen molar-refractivity contribution in [3.63, 3.8) is 0 Å². The van der Waals surface area contributed by atoms with Crippen LogP contribution in [0.25, 0.3) is 0 Å². The molecule has 17 nitrogen and oxygen atoms in total. The number of esters is 4. The number of hydrogen-bond donors (Lipinski definition) is 3. The Morgan fingerprint density at radius 2 is 0.615 bits per heavy atom. The summed E-state index contributed by atoms with van der Waals surface area (Å²) in [5.41, 5.74) is 0. The fraction of sp³-hybridized carbons (Fsp3) is 0.896. The topological polar surface area (TPSA) is 237 Å². The zero-order chi connectivity index (χ0) is 70.9. The van der Waals surface area contributed by atoms with Gasteiger partial charge < -0.3 is 33.8 Å². The SMILES string of the molecule is CCCCCC/C=C\C=C/CCCCCCCC(=O)O[C@H](COC(=O)CCCCCCCCCCCCCCC(C)C)COP(=O)(O)OC[C@@H](O)COP(=O)(O)OC[C@@H](COC(=O)CCCCCCCCCCC(C)CC)OC(=O)CCCCCCCCCCCCC(C)CC. The molecule has 3 N–H and O–H groups in total. The molecule has 0 fully saturated rings. The van der Waals surface area contributed by atoms with E-state index in [1.807, 2.05) is 0 Å². The van der Waals surface area contributed by atoms with Crippen molar-refractivity contribution in [2.75, 3.05) is 39.6 Å². The molecule has 0 bridgehead atoms. The van der Waals surface area contributed by atoms with Crippen molar-refractivity contribution in [1.29, 1.82) is 0 Å². The zero-order valence-corrected chi connectivity index (χ0v) is 64.1. The van der Waals surface area contributed by atoms with Gasteiger partial charge in [-0.15, -0.1) is 0 Å². The molecule has 19 heteroatoms. The number of allylic oxidation sites excluding steroid dienone is 4. The molecule has 4 unspecified atom stereocenters. The van der Waals surface area contributed by atoms with Gasteiger partial charge in [0.15, 0.2) is 12.2 Å². The smallest absolute Gasteiger partial charge is 0.462 e. The van der Waals surface area contributed by atoms with Gasteiger partial charge in [-0.05, 0) is 69.1 Å². The van der Waals surface area contributed by atoms with E-state index < -0.39 is 97.5 Å². The molecule has 0 aliphatic heterocycles. The summed E-state index contributed by atoms with van der Waals surface area (Å²) in [6.07, 6.45) is 56.1. The van der Waals surface area contributed by atoms with Crippen molar-refractivity contribution in [2.45, 2.75) is 388 Å². The van der Waals surface area contributed by atoms with Crippen LogP contribution in [-0.2, 0) is 65.4 Å². The lowest BCUT2D eigenvalue weighted by molar-refractivity contribution is -0.161. The number of rotatable bonds is 73. The first-order chi connectivity index (χ1) is 46.3. The number of carbonyl (C=O) groups excluding carboxylic acids is 4. The van der Waals surface area contributed by atoms with Crippen LogP contribution in [0.5, 0.6) is 0 Å². The highest BCUT2D eigenvalue weighted by atomic mass is 31.2. The standard InChI is InChI=1S/C77H146O17P2/c1-8-11-12-13-14-15-16-17-18-19-24-30-39-46-53-60-76(81)93-72(64-87-74(79)58-51-44-37-29-23-21-20-22-27-34-41-48-55-68(4)5)66-91-95(83,84)89-62-71(78)63-90-96(85,86)92-67-73(65-88-75(80)59-52-45-38-33-32-36-43-50-57-70(7)10-3)94-77(82)61-54-47-40-31-26-25-28-35-42-49-56-69(6)9-2/h15-18,68-73,78H,8-14,19-67H2,1-7H3,(H,83,84)(H,85,86)/b16-15-,18-17-/t69?,70?,71-,72-,73-/m1/s1. The molecule has 0 heterocycles. The van der Waals surface area contributed by atoms with Crippen molar-refractivity contribution in [1.82, 2.24) is 0 Å². The molecule has 0 aromatic rings. The lowest BCUT2D eigenvalue weighted by Crippen LogP contribution is -2.30. The summed E-state index contributed by atoms with van der Waals surface area (Å²) >= 11 is 0. The molecule has 0 amide bonds. The number of carbonyl (C=O) groups is 4. The Kier molecular flexibility index (Phi) is 65.3. The number of hydrogen-bond acceptors (Lipinski definition) is 15. The van der Waals surface area contributed by atoms with E-state index in [9.17, 15) is 43.2 Å². The number of unbranched alkanes of at least 4 members (excludes halogenated alkanes) is 36. The second-order valence-corrected chi connectivity index (χ2v) is 30.9. The van der Waals surface area contributed by atoms with Crippen LogP contribution in [0.15, 0.2) is 24.3 Å². The minimum Gasteiger partial charge on any atom is -0.462 e. The lowest BCUT2D eigenvalue weighted by Gasteiger charge is -2.21. The molecule has 96 heavy (non-hydrogen) atoms. The number of aliphatic hydroxyl groups excluding tert-OH is 1. The van der Waals surface area contributed by atoms with Gasteiger partial charge in [-0.3, -0.25) is 37.3 Å². The van der Waals surface area contributed by atoms with Gasteiger partial charge in [0.2, 0.25) is 0 Å². The Morgan fingerprint density at radius 3 is 0.927 bits per heavy atom. The lowest BCUT2D eigenvalue weighted by atomic mass is 9.99. The van der Waals surface area contributed by atoms with Crippen LogP contribution in [-0.4, -0.2) is 96.7 Å². The predicted molar refractivity (Wildman–Crippen MR) is 390 cm³/mol. The molecular weight excluding hydrogens is 1260 g/mol. The Balaban J connectivity index is 5.32. The molecule has 0 rings (SSSR count). The van der Waals surface area contributed by atoms with Gasteiger partial charge in [0.1, 0.15) is 19.3 Å². The van der Waals surface area contributed by atoms with Crippen LogP contribution in [0, 0.1) is 17.8 Å². The third-order valence-corrected chi connectivity index (χ3v) is 19.9. The van der Waals surface area contributed by atoms with Crippen molar-refractivity contribution < 1.29 is 80.2 Å². The number of aliphatic hydroxyl groups is 1. The third kappa shape index (κ3) is 67.4. The Morgan fingerprint density at radius 1 is 0.344 bits per heavy atom. The first-order valence-electron chi connectivity index (χ1n) is 39.2. The van der Waals surface area contributed by atoms with E-state index in [2.05, 4.69) is 72.8 Å². The van der Waals surface area contributed by atoms with E-state index in [0.717, 1.165) is 120 Å². The van der Waals surface area contributed by atoms with Crippen LogP contribution in [0.3, 0.4) is 0 Å². The number of phosphoric acid groups is 2. The van der Waals surface area contributed by atoms with E-state index >= 15 is 0 Å². The van der Waals surface area contributed by atoms with Gasteiger partial charge in [-0.25, -0.2) is 9.13 Å². The van der Waals surface area contributed by atoms with Crippen LogP contribution in [0.4, 0.5) is 0 Å². The summed E-state index contributed by atoms with van der Waals surface area (Å²) in [6.45, 7) is 11.9. The normalized spacial score (nSPS) is 14.8. The fourth-order valence-corrected chi connectivity index (χ4v) is 12.8. The van der Waals surface area contributed by atoms with Gasteiger partial charge >= 0.3 is 39.5 Å². The minimum atomic E-state index is -4.97. The molecule has 566 valence electrons. The maximum Gasteiger partial charge on any atom is 0.472 e. The Bertz CT molecular complexity index is 1970. The molecule has 0 spiro atoms. The number of ether oxygens (including phenoxy) is 4. The monoisotopic (exact) mass is 1410 g/mol. The minimum absolute atomic E-state index is 0.0847. The van der Waals surface area contributed by atoms with Gasteiger partial charge in [0, 0.05) is 25.7 Å². The Labute approximate surface area is 586 Å². The summed E-state index contributed by atoms with van der Waals surface area (Å²) in [6, 6.07) is 0. The van der Waals surface area contributed by atoms with Gasteiger partial charge in [-0.1, -0.05) is 317 Å². The highest BCUT2D eigenvalue weighted by Gasteiger charge is 2.30. The summed E-state index contributed by atoms with van der Waals surface area (Å²) in [7, 11) is -9.93. The molecule has 0 aliphatic rings. The maximum absolute atomic E-state index is 13.1.